The number of ether oxygens (including phenoxy) is 1. The first-order chi connectivity index (χ1) is 8.88. The maximum atomic E-state index is 12.4. The third-order valence-electron chi connectivity index (χ3n) is 4.25. The van der Waals surface area contributed by atoms with Crippen molar-refractivity contribution in [2.75, 3.05) is 6.54 Å². The van der Waals surface area contributed by atoms with E-state index in [0.717, 1.165) is 19.4 Å². The summed E-state index contributed by atoms with van der Waals surface area (Å²) in [4.78, 5) is 14.3. The Labute approximate surface area is 116 Å². The van der Waals surface area contributed by atoms with Gasteiger partial charge in [0.1, 0.15) is 5.60 Å². The van der Waals surface area contributed by atoms with E-state index in [-0.39, 0.29) is 18.2 Å². The van der Waals surface area contributed by atoms with Gasteiger partial charge in [-0.25, -0.2) is 4.79 Å². The van der Waals surface area contributed by atoms with Crippen LogP contribution in [0.5, 0.6) is 0 Å². The minimum Gasteiger partial charge on any atom is -0.444 e. The summed E-state index contributed by atoms with van der Waals surface area (Å²) in [7, 11) is 0. The number of hydrogen-bond acceptors (Lipinski definition) is 3. The van der Waals surface area contributed by atoms with Crippen LogP contribution in [-0.2, 0) is 4.74 Å². The number of amides is 1. The molecule has 1 saturated heterocycles. The van der Waals surface area contributed by atoms with Gasteiger partial charge in [-0.3, -0.25) is 0 Å². The molecule has 1 aliphatic heterocycles. The van der Waals surface area contributed by atoms with Crippen molar-refractivity contribution in [1.82, 2.24) is 4.90 Å². The molecule has 1 saturated carbocycles. The quantitative estimate of drug-likeness (QED) is 0.795. The lowest BCUT2D eigenvalue weighted by molar-refractivity contribution is -0.00218. The number of hydrogen-bond donors (Lipinski definition) is 1. The van der Waals surface area contributed by atoms with Crippen molar-refractivity contribution in [3.8, 4) is 0 Å². The summed E-state index contributed by atoms with van der Waals surface area (Å²) in [6.45, 7) is 6.54. The summed E-state index contributed by atoms with van der Waals surface area (Å²) >= 11 is 0. The van der Waals surface area contributed by atoms with Gasteiger partial charge in [0.15, 0.2) is 0 Å². The normalized spacial score (nSPS) is 29.6. The molecule has 19 heavy (non-hydrogen) atoms. The molecule has 4 nitrogen and oxygen atoms in total. The second-order valence-electron chi connectivity index (χ2n) is 7.01. The van der Waals surface area contributed by atoms with E-state index in [4.69, 9.17) is 10.5 Å². The van der Waals surface area contributed by atoms with Gasteiger partial charge in [0.25, 0.3) is 0 Å². The van der Waals surface area contributed by atoms with Gasteiger partial charge >= 0.3 is 6.09 Å². The molecule has 2 rings (SSSR count). The summed E-state index contributed by atoms with van der Waals surface area (Å²) in [5.74, 6) is 0.572. The second kappa shape index (κ2) is 5.70. The topological polar surface area (TPSA) is 55.6 Å². The summed E-state index contributed by atoms with van der Waals surface area (Å²) in [5.41, 5.74) is 5.87. The molecular weight excluding hydrogens is 240 g/mol. The van der Waals surface area contributed by atoms with Crippen LogP contribution >= 0.6 is 0 Å². The first-order valence-electron chi connectivity index (χ1n) is 7.64. The molecule has 1 aliphatic carbocycles. The first-order valence-corrected chi connectivity index (χ1v) is 7.64. The summed E-state index contributed by atoms with van der Waals surface area (Å²) in [5, 5.41) is 0. The fourth-order valence-electron chi connectivity index (χ4n) is 3.48. The number of likely N-dealkylation sites (tertiary alicyclic amines) is 1. The van der Waals surface area contributed by atoms with Crippen LogP contribution in [0.4, 0.5) is 4.79 Å². The smallest absolute Gasteiger partial charge is 0.410 e. The highest BCUT2D eigenvalue weighted by molar-refractivity contribution is 5.69. The molecule has 0 radical (unpaired) electrons. The number of carbonyl (C=O) groups excluding carboxylic acids is 1. The zero-order valence-electron chi connectivity index (χ0n) is 12.5. The van der Waals surface area contributed by atoms with Gasteiger partial charge in [0.05, 0.1) is 6.04 Å². The number of nitrogens with zero attached hydrogens (tertiary/aromatic N) is 1. The van der Waals surface area contributed by atoms with Gasteiger partial charge in [0, 0.05) is 12.6 Å². The SMILES string of the molecule is CC(C)(C)OC(=O)N1CCCC(N)C1C1CCCC1. The standard InChI is InChI=1S/C15H28N2O2/c1-15(2,3)19-14(18)17-10-6-9-12(16)13(17)11-7-4-5-8-11/h11-13H,4-10,16H2,1-3H3. The highest BCUT2D eigenvalue weighted by atomic mass is 16.6. The minimum absolute atomic E-state index is 0.115. The van der Waals surface area contributed by atoms with Crippen LogP contribution in [0.3, 0.4) is 0 Å². The summed E-state index contributed by atoms with van der Waals surface area (Å²) < 4.78 is 5.55. The lowest BCUT2D eigenvalue weighted by Gasteiger charge is -2.43. The third kappa shape index (κ3) is 3.62. The van der Waals surface area contributed by atoms with Gasteiger partial charge in [-0.1, -0.05) is 12.8 Å². The highest BCUT2D eigenvalue weighted by Crippen LogP contribution is 2.35. The average Bonchev–Trinajstić information content (AvgIpc) is 2.79. The van der Waals surface area contributed by atoms with Crippen molar-refractivity contribution in [1.29, 1.82) is 0 Å². The largest absolute Gasteiger partial charge is 0.444 e. The van der Waals surface area contributed by atoms with Gasteiger partial charge in [-0.05, 0) is 52.4 Å². The molecule has 2 atom stereocenters. The maximum Gasteiger partial charge on any atom is 0.410 e. The summed E-state index contributed by atoms with van der Waals surface area (Å²) in [6, 6.07) is 0.301. The van der Waals surface area contributed by atoms with Gasteiger partial charge < -0.3 is 15.4 Å². The predicted octanol–water partition coefficient (Wildman–Crippen LogP) is 2.90. The van der Waals surface area contributed by atoms with Crippen molar-refractivity contribution in [2.24, 2.45) is 11.7 Å². The van der Waals surface area contributed by atoms with Crippen molar-refractivity contribution in [2.45, 2.75) is 77.0 Å². The Bertz CT molecular complexity index is 319. The molecule has 0 bridgehead atoms. The van der Waals surface area contributed by atoms with Crippen LogP contribution < -0.4 is 5.73 Å². The van der Waals surface area contributed by atoms with E-state index < -0.39 is 5.60 Å². The van der Waals surface area contributed by atoms with Crippen LogP contribution in [0.15, 0.2) is 0 Å². The lowest BCUT2D eigenvalue weighted by Crippen LogP contribution is -2.58. The van der Waals surface area contributed by atoms with E-state index >= 15 is 0 Å². The van der Waals surface area contributed by atoms with E-state index in [1.165, 1.54) is 25.7 Å². The van der Waals surface area contributed by atoms with Crippen LogP contribution in [0, 0.1) is 5.92 Å². The Morgan fingerprint density at radius 3 is 2.37 bits per heavy atom. The maximum absolute atomic E-state index is 12.4. The number of carbonyl (C=O) groups is 1. The predicted molar refractivity (Wildman–Crippen MR) is 75.9 cm³/mol. The van der Waals surface area contributed by atoms with Crippen molar-refractivity contribution >= 4 is 6.09 Å². The van der Waals surface area contributed by atoms with E-state index in [9.17, 15) is 4.79 Å². The molecule has 2 fully saturated rings. The molecule has 0 aromatic heterocycles. The van der Waals surface area contributed by atoms with Crippen molar-refractivity contribution in [3.05, 3.63) is 0 Å². The molecule has 2 N–H and O–H groups in total. The molecule has 2 unspecified atom stereocenters. The number of rotatable bonds is 1. The molecule has 2 aliphatic rings. The van der Waals surface area contributed by atoms with E-state index in [2.05, 4.69) is 0 Å². The molecule has 4 heteroatoms. The Morgan fingerprint density at radius 1 is 1.16 bits per heavy atom. The highest BCUT2D eigenvalue weighted by Gasteiger charge is 2.40. The summed E-state index contributed by atoms with van der Waals surface area (Å²) in [6.07, 6.45) is 6.80. The number of nitrogens with two attached hydrogens (primary N) is 1. The molecule has 0 aromatic carbocycles. The fourth-order valence-corrected chi connectivity index (χ4v) is 3.48. The Kier molecular flexibility index (Phi) is 4.39. The molecule has 1 amide bonds. The lowest BCUT2D eigenvalue weighted by atomic mass is 9.86. The Balaban J connectivity index is 2.08. The average molecular weight is 268 g/mol. The van der Waals surface area contributed by atoms with Crippen molar-refractivity contribution < 1.29 is 9.53 Å². The van der Waals surface area contributed by atoms with E-state index in [1.807, 2.05) is 25.7 Å². The zero-order chi connectivity index (χ0) is 14.0. The van der Waals surface area contributed by atoms with Gasteiger partial charge in [-0.15, -0.1) is 0 Å². The van der Waals surface area contributed by atoms with E-state index in [1.54, 1.807) is 0 Å². The molecule has 0 spiro atoms. The van der Waals surface area contributed by atoms with Gasteiger partial charge in [0.2, 0.25) is 0 Å². The first kappa shape index (κ1) is 14.6. The molecule has 110 valence electrons. The Morgan fingerprint density at radius 2 is 1.79 bits per heavy atom. The number of piperidine rings is 1. The zero-order valence-corrected chi connectivity index (χ0v) is 12.5. The van der Waals surface area contributed by atoms with Crippen LogP contribution in [0.25, 0.3) is 0 Å². The third-order valence-corrected chi connectivity index (χ3v) is 4.25. The molecular formula is C15H28N2O2. The van der Waals surface area contributed by atoms with Crippen LogP contribution in [-0.4, -0.2) is 35.2 Å². The monoisotopic (exact) mass is 268 g/mol. The van der Waals surface area contributed by atoms with Gasteiger partial charge in [-0.2, -0.15) is 0 Å². The minimum atomic E-state index is -0.432. The van der Waals surface area contributed by atoms with Crippen LogP contribution in [0.2, 0.25) is 0 Å². The fraction of sp³-hybridized carbons (Fsp3) is 0.933. The van der Waals surface area contributed by atoms with Crippen LogP contribution in [0.1, 0.15) is 59.3 Å². The molecule has 0 aromatic rings. The van der Waals surface area contributed by atoms with E-state index in [0.29, 0.717) is 5.92 Å². The van der Waals surface area contributed by atoms with Crippen molar-refractivity contribution in [3.63, 3.8) is 0 Å². The Hall–Kier alpha value is -0.770. The second-order valence-corrected chi connectivity index (χ2v) is 7.01. The molecule has 1 heterocycles.